The number of anilines is 2. The second kappa shape index (κ2) is 9.23. The Kier molecular flexibility index (Phi) is 6.16. The molecule has 0 bridgehead atoms. The van der Waals surface area contributed by atoms with E-state index in [9.17, 15) is 31.1 Å². The van der Waals surface area contributed by atoms with Gasteiger partial charge in [-0.15, -0.1) is 0 Å². The molecule has 0 radical (unpaired) electrons. The minimum Gasteiger partial charge on any atom is -0.493 e. The van der Waals surface area contributed by atoms with Crippen LogP contribution >= 0.6 is 0 Å². The van der Waals surface area contributed by atoms with Gasteiger partial charge in [-0.3, -0.25) is 9.69 Å². The molecule has 38 heavy (non-hydrogen) atoms. The largest absolute Gasteiger partial charge is 0.493 e. The molecule has 2 atom stereocenters. The number of halogens is 6. The lowest BCUT2D eigenvalue weighted by molar-refractivity contribution is -0.305. The van der Waals surface area contributed by atoms with Crippen LogP contribution in [0.3, 0.4) is 0 Å². The summed E-state index contributed by atoms with van der Waals surface area (Å²) in [6.45, 7) is 0.00855. The van der Waals surface area contributed by atoms with Gasteiger partial charge in [-0.1, -0.05) is 18.2 Å². The molecule has 3 aromatic rings. The van der Waals surface area contributed by atoms with Gasteiger partial charge < -0.3 is 24.3 Å². The highest BCUT2D eigenvalue weighted by Gasteiger charge is 2.59. The monoisotopic (exact) mass is 540 g/mol. The predicted octanol–water partition coefficient (Wildman–Crippen LogP) is 6.07. The number of ether oxygens (including phenoxy) is 4. The van der Waals surface area contributed by atoms with Crippen LogP contribution in [0.2, 0.25) is 0 Å². The van der Waals surface area contributed by atoms with Gasteiger partial charge in [0.05, 0.1) is 18.4 Å². The smallest absolute Gasteiger partial charge is 0.439 e. The SMILES string of the molecule is COc1cc(C2Nc3ccccc3C(=O)N2c2ccc3c(c2)OCO3)ccc1OC(F)(F)C(F)C(F)(F)F. The highest BCUT2D eigenvalue weighted by molar-refractivity contribution is 6.12. The van der Waals surface area contributed by atoms with Crippen molar-refractivity contribution in [3.05, 3.63) is 71.8 Å². The van der Waals surface area contributed by atoms with Crippen LogP contribution in [0.4, 0.5) is 37.7 Å². The number of carbonyl (C=O) groups is 1. The molecule has 2 aliphatic rings. The first-order valence-corrected chi connectivity index (χ1v) is 11.0. The fourth-order valence-electron chi connectivity index (χ4n) is 4.12. The summed E-state index contributed by atoms with van der Waals surface area (Å²) in [6.07, 6.45) is -16.6. The van der Waals surface area contributed by atoms with E-state index in [1.807, 2.05) is 0 Å². The van der Waals surface area contributed by atoms with Crippen molar-refractivity contribution in [1.82, 2.24) is 0 Å². The molecule has 0 aromatic heterocycles. The van der Waals surface area contributed by atoms with Gasteiger partial charge in [0.2, 0.25) is 6.79 Å². The molecule has 13 heteroatoms. The van der Waals surface area contributed by atoms with Crippen LogP contribution in [0, 0.1) is 0 Å². The second-order valence-corrected chi connectivity index (χ2v) is 8.28. The minimum atomic E-state index is -5.85. The normalized spacial score (nSPS) is 17.5. The zero-order valence-corrected chi connectivity index (χ0v) is 19.4. The standard InChI is InChI=1S/C25H18F6N2O5/c1-35-19-10-13(6-8-18(19)38-25(30,31)23(26)24(27,28)29)21-32-16-5-3-2-4-15(16)22(34)33(21)14-7-9-17-20(11-14)37-12-36-17/h2-11,21,23,32H,12H2,1H3. The van der Waals surface area contributed by atoms with E-state index < -0.39 is 42.0 Å². The first-order valence-electron chi connectivity index (χ1n) is 11.0. The van der Waals surface area contributed by atoms with E-state index in [2.05, 4.69) is 10.1 Å². The van der Waals surface area contributed by atoms with Crippen LogP contribution in [0.25, 0.3) is 0 Å². The predicted molar refractivity (Wildman–Crippen MR) is 122 cm³/mol. The summed E-state index contributed by atoms with van der Waals surface area (Å²) in [5, 5.41) is 3.20. The number of para-hydroxylation sites is 1. The Bertz CT molecular complexity index is 1380. The number of nitrogens with one attached hydrogen (secondary N) is 1. The van der Waals surface area contributed by atoms with Crippen molar-refractivity contribution in [2.45, 2.75) is 24.6 Å². The van der Waals surface area contributed by atoms with Crippen molar-refractivity contribution in [2.24, 2.45) is 0 Å². The minimum absolute atomic E-state index is 0.00855. The lowest BCUT2D eigenvalue weighted by atomic mass is 10.0. The highest BCUT2D eigenvalue weighted by atomic mass is 19.4. The van der Waals surface area contributed by atoms with E-state index in [0.29, 0.717) is 34.0 Å². The number of benzene rings is 3. The molecule has 2 aliphatic heterocycles. The van der Waals surface area contributed by atoms with E-state index >= 15 is 0 Å². The molecule has 0 spiro atoms. The highest BCUT2D eigenvalue weighted by Crippen LogP contribution is 2.44. The van der Waals surface area contributed by atoms with Gasteiger partial charge in [0.1, 0.15) is 6.17 Å². The molecule has 0 aliphatic carbocycles. The number of amides is 1. The molecule has 0 fully saturated rings. The fraction of sp³-hybridized carbons (Fsp3) is 0.240. The number of methoxy groups -OCH3 is 1. The second-order valence-electron chi connectivity index (χ2n) is 8.28. The maximum atomic E-state index is 13.9. The topological polar surface area (TPSA) is 69.3 Å². The molecule has 1 N–H and O–H groups in total. The van der Waals surface area contributed by atoms with E-state index in [1.54, 1.807) is 42.5 Å². The Hall–Kier alpha value is -4.29. The third-order valence-corrected chi connectivity index (χ3v) is 5.89. The maximum Gasteiger partial charge on any atom is 0.439 e. The van der Waals surface area contributed by atoms with E-state index in [0.717, 1.165) is 13.2 Å². The molecular formula is C25H18F6N2O5. The van der Waals surface area contributed by atoms with Gasteiger partial charge in [-0.25, -0.2) is 4.39 Å². The van der Waals surface area contributed by atoms with Gasteiger partial charge in [-0.2, -0.15) is 22.0 Å². The zero-order chi connectivity index (χ0) is 27.2. The molecule has 200 valence electrons. The van der Waals surface area contributed by atoms with Crippen molar-refractivity contribution in [3.63, 3.8) is 0 Å². The van der Waals surface area contributed by atoms with Crippen molar-refractivity contribution < 1.29 is 50.1 Å². The average Bonchev–Trinajstić information content (AvgIpc) is 3.35. The summed E-state index contributed by atoms with van der Waals surface area (Å²) in [5.41, 5.74) is 1.54. The van der Waals surface area contributed by atoms with Crippen molar-refractivity contribution >= 4 is 17.3 Å². The molecule has 2 heterocycles. The summed E-state index contributed by atoms with van der Waals surface area (Å²) in [4.78, 5) is 15.0. The van der Waals surface area contributed by atoms with Crippen LogP contribution in [0.5, 0.6) is 23.0 Å². The van der Waals surface area contributed by atoms with Crippen molar-refractivity contribution in [3.8, 4) is 23.0 Å². The van der Waals surface area contributed by atoms with Gasteiger partial charge in [0, 0.05) is 11.8 Å². The van der Waals surface area contributed by atoms with Gasteiger partial charge in [-0.05, 0) is 42.0 Å². The summed E-state index contributed by atoms with van der Waals surface area (Å²) < 4.78 is 98.8. The third kappa shape index (κ3) is 4.48. The van der Waals surface area contributed by atoms with Gasteiger partial charge >= 0.3 is 12.3 Å². The Balaban J connectivity index is 1.54. The fourth-order valence-corrected chi connectivity index (χ4v) is 4.12. The van der Waals surface area contributed by atoms with E-state index in [-0.39, 0.29) is 6.79 Å². The number of hydrogen-bond donors (Lipinski definition) is 1. The van der Waals surface area contributed by atoms with Crippen LogP contribution in [-0.2, 0) is 0 Å². The van der Waals surface area contributed by atoms with Crippen LogP contribution in [-0.4, -0.2) is 38.3 Å². The van der Waals surface area contributed by atoms with Gasteiger partial charge in [0.25, 0.3) is 12.1 Å². The van der Waals surface area contributed by atoms with Crippen molar-refractivity contribution in [2.75, 3.05) is 24.1 Å². The number of alkyl halides is 6. The third-order valence-electron chi connectivity index (χ3n) is 5.89. The lowest BCUT2D eigenvalue weighted by Gasteiger charge is -2.38. The lowest BCUT2D eigenvalue weighted by Crippen LogP contribution is -2.45. The Morgan fingerprint density at radius 1 is 0.974 bits per heavy atom. The summed E-state index contributed by atoms with van der Waals surface area (Å²) in [7, 11) is 1.07. The van der Waals surface area contributed by atoms with E-state index in [1.165, 1.54) is 17.0 Å². The Morgan fingerprint density at radius 3 is 2.45 bits per heavy atom. The Labute approximate surface area is 211 Å². The molecule has 0 saturated carbocycles. The molecule has 2 unspecified atom stereocenters. The summed E-state index contributed by atoms with van der Waals surface area (Å²) >= 11 is 0. The molecular weight excluding hydrogens is 522 g/mol. The first-order chi connectivity index (χ1) is 18.0. The van der Waals surface area contributed by atoms with Crippen molar-refractivity contribution in [1.29, 1.82) is 0 Å². The first kappa shape index (κ1) is 25.4. The number of hydrogen-bond acceptors (Lipinski definition) is 6. The summed E-state index contributed by atoms with van der Waals surface area (Å²) in [5.74, 6) is -0.751. The number of rotatable bonds is 6. The molecule has 5 rings (SSSR count). The number of fused-ring (bicyclic) bond motifs is 2. The quantitative estimate of drug-likeness (QED) is 0.383. The maximum absolute atomic E-state index is 13.9. The molecule has 1 amide bonds. The van der Waals surface area contributed by atoms with E-state index in [4.69, 9.17) is 14.2 Å². The number of nitrogens with zero attached hydrogens (tertiary/aromatic N) is 1. The zero-order valence-electron chi connectivity index (χ0n) is 19.4. The van der Waals surface area contributed by atoms with Crippen LogP contribution < -0.4 is 29.2 Å². The summed E-state index contributed by atoms with van der Waals surface area (Å²) in [6, 6.07) is 14.9. The van der Waals surface area contributed by atoms with Crippen LogP contribution in [0.15, 0.2) is 60.7 Å². The molecule has 0 saturated heterocycles. The van der Waals surface area contributed by atoms with Crippen LogP contribution in [0.1, 0.15) is 22.1 Å². The number of carbonyl (C=O) groups excluding carboxylic acids is 1. The molecule has 3 aromatic carbocycles. The van der Waals surface area contributed by atoms with Gasteiger partial charge in [0.15, 0.2) is 23.0 Å². The molecule has 7 nitrogen and oxygen atoms in total. The average molecular weight is 540 g/mol. The Morgan fingerprint density at radius 2 is 1.71 bits per heavy atom.